The summed E-state index contributed by atoms with van der Waals surface area (Å²) in [6.07, 6.45) is -4.95. The zero-order chi connectivity index (χ0) is 16.5. The molecule has 12 heteroatoms. The van der Waals surface area contributed by atoms with Crippen molar-refractivity contribution in [1.82, 2.24) is 10.2 Å². The third-order valence-corrected chi connectivity index (χ3v) is 2.77. The van der Waals surface area contributed by atoms with Gasteiger partial charge in [-0.25, -0.2) is 0 Å². The molecule has 1 aromatic heterocycles. The van der Waals surface area contributed by atoms with Gasteiger partial charge in [0.25, 0.3) is 0 Å². The second-order valence-corrected chi connectivity index (χ2v) is 4.70. The fourth-order valence-electron chi connectivity index (χ4n) is 1.41. The monoisotopic (exact) mass is 354 g/mol. The maximum absolute atomic E-state index is 12.4. The molecule has 118 valence electrons. The van der Waals surface area contributed by atoms with E-state index in [0.717, 1.165) is 6.07 Å². The first-order valence-corrected chi connectivity index (χ1v) is 6.19. The number of H-pyrrole nitrogens is 1. The van der Waals surface area contributed by atoms with Crippen LogP contribution in [-0.4, -0.2) is 16.6 Å². The van der Waals surface area contributed by atoms with Gasteiger partial charge in [-0.2, -0.15) is 5.10 Å². The van der Waals surface area contributed by atoms with Crippen LogP contribution >= 0.6 is 23.2 Å². The van der Waals surface area contributed by atoms with Gasteiger partial charge in [-0.3, -0.25) is 5.10 Å². The molecule has 0 radical (unpaired) electrons. The number of benzene rings is 1. The number of alkyl halides is 3. The number of nitrogen functional groups attached to an aromatic ring is 2. The molecular formula is C10H7Cl2F3N6O. The lowest BCUT2D eigenvalue weighted by Gasteiger charge is -2.11. The lowest BCUT2D eigenvalue weighted by Crippen LogP contribution is -2.17. The molecular weight excluding hydrogens is 348 g/mol. The Labute approximate surface area is 131 Å². The number of azo groups is 1. The van der Waals surface area contributed by atoms with Crippen molar-refractivity contribution in [2.45, 2.75) is 6.36 Å². The number of aromatic amines is 1. The predicted octanol–water partition coefficient (Wildman–Crippen LogP) is 4.19. The number of anilines is 2. The minimum Gasteiger partial charge on any atom is -0.403 e. The summed E-state index contributed by atoms with van der Waals surface area (Å²) in [5.74, 6) is -0.802. The first-order valence-electron chi connectivity index (χ1n) is 5.43. The Kier molecular flexibility index (Phi) is 4.33. The van der Waals surface area contributed by atoms with E-state index < -0.39 is 12.1 Å². The van der Waals surface area contributed by atoms with Crippen LogP contribution in [0.4, 0.5) is 36.2 Å². The fraction of sp³-hybridized carbons (Fsp3) is 0.100. The van der Waals surface area contributed by atoms with Gasteiger partial charge in [-0.05, 0) is 6.07 Å². The number of halogens is 5. The van der Waals surface area contributed by atoms with Crippen molar-refractivity contribution in [3.8, 4) is 5.75 Å². The number of nitrogens with two attached hydrogens (primary N) is 2. The van der Waals surface area contributed by atoms with Crippen LogP contribution in [0, 0.1) is 0 Å². The third kappa shape index (κ3) is 3.71. The lowest BCUT2D eigenvalue weighted by atomic mass is 10.3. The van der Waals surface area contributed by atoms with Gasteiger partial charge in [0.15, 0.2) is 17.3 Å². The molecule has 5 N–H and O–H groups in total. The van der Waals surface area contributed by atoms with E-state index in [-0.39, 0.29) is 33.1 Å². The van der Waals surface area contributed by atoms with Crippen molar-refractivity contribution in [3.63, 3.8) is 0 Å². The van der Waals surface area contributed by atoms with Gasteiger partial charge >= 0.3 is 6.36 Å². The zero-order valence-corrected chi connectivity index (χ0v) is 12.0. The summed E-state index contributed by atoms with van der Waals surface area (Å²) in [4.78, 5) is 0. The van der Waals surface area contributed by atoms with Crippen LogP contribution in [-0.2, 0) is 0 Å². The SMILES string of the molecule is Nc1n[nH]c(N)c1N=Nc1c(Cl)cc(Cl)cc1OC(F)(F)F. The fourth-order valence-corrected chi connectivity index (χ4v) is 1.92. The van der Waals surface area contributed by atoms with Gasteiger partial charge in [0.1, 0.15) is 11.5 Å². The molecule has 0 spiro atoms. The Hall–Kier alpha value is -2.20. The van der Waals surface area contributed by atoms with E-state index in [1.165, 1.54) is 6.07 Å². The van der Waals surface area contributed by atoms with Gasteiger partial charge in [-0.15, -0.1) is 23.4 Å². The Morgan fingerprint density at radius 2 is 1.77 bits per heavy atom. The minimum atomic E-state index is -4.95. The number of nitrogens with zero attached hydrogens (tertiary/aromatic N) is 3. The Morgan fingerprint density at radius 1 is 1.14 bits per heavy atom. The van der Waals surface area contributed by atoms with Crippen molar-refractivity contribution in [2.24, 2.45) is 10.2 Å². The van der Waals surface area contributed by atoms with Crippen LogP contribution in [0.2, 0.25) is 10.0 Å². The Balaban J connectivity index is 2.46. The molecule has 0 saturated carbocycles. The maximum atomic E-state index is 12.4. The van der Waals surface area contributed by atoms with Gasteiger partial charge < -0.3 is 16.2 Å². The minimum absolute atomic E-state index is 0.00961. The van der Waals surface area contributed by atoms with Crippen molar-refractivity contribution in [2.75, 3.05) is 11.5 Å². The molecule has 2 aromatic rings. The summed E-state index contributed by atoms with van der Waals surface area (Å²) in [6, 6.07) is 2.08. The van der Waals surface area contributed by atoms with Crippen LogP contribution in [0.3, 0.4) is 0 Å². The highest BCUT2D eigenvalue weighted by atomic mass is 35.5. The van der Waals surface area contributed by atoms with E-state index in [4.69, 9.17) is 34.7 Å². The van der Waals surface area contributed by atoms with Crippen molar-refractivity contribution in [3.05, 3.63) is 22.2 Å². The van der Waals surface area contributed by atoms with Gasteiger partial charge in [0.05, 0.1) is 5.02 Å². The molecule has 0 atom stereocenters. The van der Waals surface area contributed by atoms with Crippen LogP contribution < -0.4 is 16.2 Å². The van der Waals surface area contributed by atoms with E-state index in [1.54, 1.807) is 0 Å². The van der Waals surface area contributed by atoms with E-state index in [9.17, 15) is 13.2 Å². The lowest BCUT2D eigenvalue weighted by molar-refractivity contribution is -0.274. The van der Waals surface area contributed by atoms with Gasteiger partial charge in [0, 0.05) is 11.1 Å². The number of aromatic nitrogens is 2. The van der Waals surface area contributed by atoms with E-state index >= 15 is 0 Å². The molecule has 0 aliphatic carbocycles. The topological polar surface area (TPSA) is 115 Å². The highest BCUT2D eigenvalue weighted by molar-refractivity contribution is 6.36. The van der Waals surface area contributed by atoms with Crippen molar-refractivity contribution < 1.29 is 17.9 Å². The average molecular weight is 355 g/mol. The summed E-state index contributed by atoms with van der Waals surface area (Å²) in [5, 5.41) is 12.8. The first-order chi connectivity index (χ1) is 10.2. The van der Waals surface area contributed by atoms with Gasteiger partial charge in [-0.1, -0.05) is 23.2 Å². The van der Waals surface area contributed by atoms with Crippen LogP contribution in [0.15, 0.2) is 22.4 Å². The molecule has 0 saturated heterocycles. The molecule has 1 heterocycles. The van der Waals surface area contributed by atoms with Crippen molar-refractivity contribution in [1.29, 1.82) is 0 Å². The second-order valence-electron chi connectivity index (χ2n) is 3.85. The molecule has 0 fully saturated rings. The molecule has 0 amide bonds. The largest absolute Gasteiger partial charge is 0.573 e. The number of hydrogen-bond donors (Lipinski definition) is 3. The third-order valence-electron chi connectivity index (χ3n) is 2.26. The van der Waals surface area contributed by atoms with Gasteiger partial charge in [0.2, 0.25) is 0 Å². The molecule has 1 aromatic carbocycles. The Bertz CT molecular complexity index is 711. The molecule has 2 rings (SSSR count). The summed E-state index contributed by atoms with van der Waals surface area (Å²) >= 11 is 11.5. The Morgan fingerprint density at radius 3 is 2.32 bits per heavy atom. The predicted molar refractivity (Wildman–Crippen MR) is 74.7 cm³/mol. The maximum Gasteiger partial charge on any atom is 0.573 e. The van der Waals surface area contributed by atoms with Crippen LogP contribution in [0.1, 0.15) is 0 Å². The standard InChI is InChI=1S/C10H7Cl2F3N6O/c11-3-1-4(12)6(5(2-3)22-10(13,14)15)18-19-7-8(16)20-21-9(7)17/h1-2H,(H5,16,17,20,21). The zero-order valence-electron chi connectivity index (χ0n) is 10.4. The van der Waals surface area contributed by atoms with E-state index in [2.05, 4.69) is 25.2 Å². The first kappa shape index (κ1) is 16.2. The second kappa shape index (κ2) is 5.89. The normalized spacial score (nSPS) is 12.0. The summed E-state index contributed by atoms with van der Waals surface area (Å²) in [6.45, 7) is 0. The highest BCUT2D eigenvalue weighted by Crippen LogP contribution is 2.42. The van der Waals surface area contributed by atoms with Crippen molar-refractivity contribution >= 4 is 46.2 Å². The quantitative estimate of drug-likeness (QED) is 0.716. The van der Waals surface area contributed by atoms with E-state index in [0.29, 0.717) is 0 Å². The molecule has 7 nitrogen and oxygen atoms in total. The van der Waals surface area contributed by atoms with E-state index in [1.807, 2.05) is 0 Å². The van der Waals surface area contributed by atoms with Crippen LogP contribution in [0.5, 0.6) is 5.75 Å². The number of rotatable bonds is 3. The number of nitrogens with one attached hydrogen (secondary N) is 1. The summed E-state index contributed by atoms with van der Waals surface area (Å²) in [5.41, 5.74) is 10.5. The molecule has 0 bridgehead atoms. The highest BCUT2D eigenvalue weighted by Gasteiger charge is 2.33. The summed E-state index contributed by atoms with van der Waals surface area (Å²) in [7, 11) is 0. The molecule has 0 aliphatic heterocycles. The average Bonchev–Trinajstić information content (AvgIpc) is 2.66. The molecule has 0 aliphatic rings. The van der Waals surface area contributed by atoms with Crippen LogP contribution in [0.25, 0.3) is 0 Å². The smallest absolute Gasteiger partial charge is 0.403 e. The molecule has 0 unspecified atom stereocenters. The number of ether oxygens (including phenoxy) is 1. The number of hydrogen-bond acceptors (Lipinski definition) is 6. The molecule has 22 heavy (non-hydrogen) atoms. The summed E-state index contributed by atoms with van der Waals surface area (Å²) < 4.78 is 41.0.